The van der Waals surface area contributed by atoms with Gasteiger partial charge in [0.15, 0.2) is 0 Å². The zero-order chi connectivity index (χ0) is 12.6. The monoisotopic (exact) mass is 246 g/mol. The summed E-state index contributed by atoms with van der Waals surface area (Å²) in [6.45, 7) is 2.36. The van der Waals surface area contributed by atoms with Crippen molar-refractivity contribution in [3.05, 3.63) is 35.1 Å². The molecule has 0 saturated heterocycles. The molecule has 0 saturated carbocycles. The zero-order valence-corrected chi connectivity index (χ0v) is 8.98. The molecule has 1 atom stereocenters. The molecule has 1 heterocycles. The van der Waals surface area contributed by atoms with Gasteiger partial charge in [-0.2, -0.15) is 13.2 Å². The van der Waals surface area contributed by atoms with Crippen LogP contribution in [-0.4, -0.2) is 18.4 Å². The zero-order valence-electron chi connectivity index (χ0n) is 8.98. The largest absolute Gasteiger partial charge is 0.416 e. The van der Waals surface area contributed by atoms with Gasteiger partial charge < -0.3 is 5.32 Å². The number of halogens is 4. The van der Waals surface area contributed by atoms with Crippen LogP contribution in [-0.2, 0) is 6.18 Å². The van der Waals surface area contributed by atoms with Crippen molar-refractivity contribution in [1.82, 2.24) is 5.32 Å². The molecule has 0 fully saturated rings. The van der Waals surface area contributed by atoms with Gasteiger partial charge in [-0.1, -0.05) is 0 Å². The van der Waals surface area contributed by atoms with E-state index in [4.69, 9.17) is 0 Å². The molecule has 0 spiro atoms. The standard InChI is InChI=1S/C11H10F4N2/c1-6-5-16-10(17-6)8-3-2-7(4-9(8)12)11(13,14)15/h2-4,6H,5H2,1H3,(H,16,17). The number of nitrogens with zero attached hydrogens (tertiary/aromatic N) is 1. The van der Waals surface area contributed by atoms with Crippen LogP contribution in [0.3, 0.4) is 0 Å². The lowest BCUT2D eigenvalue weighted by Crippen LogP contribution is -2.28. The Morgan fingerprint density at radius 3 is 2.53 bits per heavy atom. The predicted octanol–water partition coefficient (Wildman–Crippen LogP) is 2.58. The van der Waals surface area contributed by atoms with E-state index >= 15 is 0 Å². The highest BCUT2D eigenvalue weighted by Crippen LogP contribution is 2.30. The van der Waals surface area contributed by atoms with E-state index in [1.807, 2.05) is 6.92 Å². The van der Waals surface area contributed by atoms with Crippen LogP contribution in [0.2, 0.25) is 0 Å². The molecule has 0 radical (unpaired) electrons. The maximum absolute atomic E-state index is 13.5. The lowest BCUT2D eigenvalue weighted by Gasteiger charge is -2.10. The fraction of sp³-hybridized carbons (Fsp3) is 0.364. The van der Waals surface area contributed by atoms with Gasteiger partial charge in [0, 0.05) is 6.04 Å². The first kappa shape index (κ1) is 11.9. The first-order valence-corrected chi connectivity index (χ1v) is 5.06. The molecule has 0 bridgehead atoms. The van der Waals surface area contributed by atoms with Crippen LogP contribution in [0.25, 0.3) is 0 Å². The number of rotatable bonds is 1. The molecule has 1 unspecified atom stereocenters. The van der Waals surface area contributed by atoms with Crippen LogP contribution >= 0.6 is 0 Å². The van der Waals surface area contributed by atoms with Crippen molar-refractivity contribution < 1.29 is 17.6 Å². The average Bonchev–Trinajstić information content (AvgIpc) is 2.63. The number of aliphatic imine (C=N–C) groups is 1. The second kappa shape index (κ2) is 4.01. The summed E-state index contributed by atoms with van der Waals surface area (Å²) in [7, 11) is 0. The first-order valence-electron chi connectivity index (χ1n) is 5.06. The third-order valence-corrected chi connectivity index (χ3v) is 2.46. The summed E-state index contributed by atoms with van der Waals surface area (Å²) in [5.41, 5.74) is -0.923. The third-order valence-electron chi connectivity index (χ3n) is 2.46. The molecule has 0 aliphatic carbocycles. The van der Waals surface area contributed by atoms with E-state index in [1.54, 1.807) is 0 Å². The lowest BCUT2D eigenvalue weighted by atomic mass is 10.1. The maximum Gasteiger partial charge on any atom is 0.416 e. The highest BCUT2D eigenvalue weighted by atomic mass is 19.4. The number of benzene rings is 1. The van der Waals surface area contributed by atoms with E-state index < -0.39 is 17.6 Å². The summed E-state index contributed by atoms with van der Waals surface area (Å²) in [5.74, 6) is -0.608. The second-order valence-electron chi connectivity index (χ2n) is 3.93. The van der Waals surface area contributed by atoms with Gasteiger partial charge in [0.2, 0.25) is 0 Å². The average molecular weight is 246 g/mol. The molecular formula is C11H10F4N2. The summed E-state index contributed by atoms with van der Waals surface area (Å²) in [6.07, 6.45) is -4.53. The van der Waals surface area contributed by atoms with E-state index in [0.29, 0.717) is 18.4 Å². The van der Waals surface area contributed by atoms with Crippen molar-refractivity contribution in [2.75, 3.05) is 6.54 Å². The molecule has 0 aromatic heterocycles. The summed E-state index contributed by atoms with van der Waals surface area (Å²) < 4.78 is 50.5. The molecule has 1 aliphatic heterocycles. The Hall–Kier alpha value is -1.59. The maximum atomic E-state index is 13.5. The number of nitrogens with one attached hydrogen (secondary N) is 1. The Morgan fingerprint density at radius 1 is 1.35 bits per heavy atom. The molecule has 1 aliphatic rings. The van der Waals surface area contributed by atoms with E-state index in [2.05, 4.69) is 10.3 Å². The fourth-order valence-electron chi connectivity index (χ4n) is 1.60. The molecule has 2 nitrogen and oxygen atoms in total. The number of alkyl halides is 3. The Bertz CT molecular complexity index is 465. The summed E-state index contributed by atoms with van der Waals surface area (Å²) in [5, 5.41) is 2.90. The molecular weight excluding hydrogens is 236 g/mol. The van der Waals surface area contributed by atoms with Crippen LogP contribution in [0.5, 0.6) is 0 Å². The summed E-state index contributed by atoms with van der Waals surface area (Å²) in [6, 6.07) is 2.52. The number of hydrogen-bond donors (Lipinski definition) is 1. The first-order chi connectivity index (χ1) is 7.88. The molecule has 0 amide bonds. The summed E-state index contributed by atoms with van der Waals surface area (Å²) in [4.78, 5) is 4.02. The van der Waals surface area contributed by atoms with Gasteiger partial charge in [0.1, 0.15) is 11.7 Å². The van der Waals surface area contributed by atoms with Gasteiger partial charge in [-0.05, 0) is 25.1 Å². The molecule has 2 rings (SSSR count). The van der Waals surface area contributed by atoms with Crippen LogP contribution in [0.4, 0.5) is 17.6 Å². The van der Waals surface area contributed by atoms with E-state index in [1.165, 1.54) is 0 Å². The van der Waals surface area contributed by atoms with E-state index in [9.17, 15) is 17.6 Å². The Balaban J connectivity index is 2.33. The number of hydrogen-bond acceptors (Lipinski definition) is 2. The highest BCUT2D eigenvalue weighted by molar-refractivity contribution is 6.00. The lowest BCUT2D eigenvalue weighted by molar-refractivity contribution is -0.137. The Kier molecular flexibility index (Phi) is 2.81. The minimum absolute atomic E-state index is 0.0716. The van der Waals surface area contributed by atoms with Crippen molar-refractivity contribution in [2.24, 2.45) is 4.99 Å². The molecule has 92 valence electrons. The van der Waals surface area contributed by atoms with Gasteiger partial charge >= 0.3 is 6.18 Å². The van der Waals surface area contributed by atoms with Crippen molar-refractivity contribution in [1.29, 1.82) is 0 Å². The van der Waals surface area contributed by atoms with Crippen LogP contribution in [0.1, 0.15) is 18.1 Å². The highest BCUT2D eigenvalue weighted by Gasteiger charge is 2.31. The minimum atomic E-state index is -4.53. The van der Waals surface area contributed by atoms with E-state index in [0.717, 1.165) is 12.1 Å². The predicted molar refractivity (Wildman–Crippen MR) is 55.4 cm³/mol. The number of amidine groups is 1. The SMILES string of the molecule is CC1CN=C(c2ccc(C(F)(F)F)cc2F)N1. The van der Waals surface area contributed by atoms with Gasteiger partial charge in [-0.3, -0.25) is 4.99 Å². The topological polar surface area (TPSA) is 24.4 Å². The second-order valence-corrected chi connectivity index (χ2v) is 3.93. The minimum Gasteiger partial charge on any atom is -0.365 e. The van der Waals surface area contributed by atoms with Gasteiger partial charge in [-0.25, -0.2) is 4.39 Å². The molecule has 1 aromatic carbocycles. The fourth-order valence-corrected chi connectivity index (χ4v) is 1.60. The third kappa shape index (κ3) is 2.40. The van der Waals surface area contributed by atoms with Crippen LogP contribution in [0, 0.1) is 5.82 Å². The van der Waals surface area contributed by atoms with E-state index in [-0.39, 0.29) is 11.6 Å². The normalized spacial score (nSPS) is 20.1. The Morgan fingerprint density at radius 2 is 2.06 bits per heavy atom. The van der Waals surface area contributed by atoms with Crippen molar-refractivity contribution in [2.45, 2.75) is 19.1 Å². The molecule has 17 heavy (non-hydrogen) atoms. The van der Waals surface area contributed by atoms with Crippen molar-refractivity contribution in [3.8, 4) is 0 Å². The summed E-state index contributed by atoms with van der Waals surface area (Å²) >= 11 is 0. The van der Waals surface area contributed by atoms with Gasteiger partial charge in [0.25, 0.3) is 0 Å². The van der Waals surface area contributed by atoms with Gasteiger partial charge in [0.05, 0.1) is 17.7 Å². The van der Waals surface area contributed by atoms with Crippen LogP contribution < -0.4 is 5.32 Å². The van der Waals surface area contributed by atoms with Crippen LogP contribution in [0.15, 0.2) is 23.2 Å². The molecule has 1 aromatic rings. The van der Waals surface area contributed by atoms with Crippen molar-refractivity contribution >= 4 is 5.84 Å². The van der Waals surface area contributed by atoms with Gasteiger partial charge in [-0.15, -0.1) is 0 Å². The Labute approximate surface area is 95.4 Å². The van der Waals surface area contributed by atoms with Crippen molar-refractivity contribution in [3.63, 3.8) is 0 Å². The quantitative estimate of drug-likeness (QED) is 0.757. The smallest absolute Gasteiger partial charge is 0.365 e. The molecule has 6 heteroatoms. The molecule has 1 N–H and O–H groups in total.